The van der Waals surface area contributed by atoms with Crippen LogP contribution < -0.4 is 5.73 Å². The van der Waals surface area contributed by atoms with Gasteiger partial charge in [-0.15, -0.1) is 0 Å². The molecule has 2 rings (SSSR count). The molecule has 0 aliphatic carbocycles. The molecule has 1 aromatic rings. The molecular formula is C13H24N4O2S2. The van der Waals surface area contributed by atoms with Gasteiger partial charge >= 0.3 is 0 Å². The van der Waals surface area contributed by atoms with Gasteiger partial charge < -0.3 is 5.73 Å². The highest BCUT2D eigenvalue weighted by atomic mass is 32.2. The number of rotatable bonds is 5. The number of hydrogen-bond acceptors (Lipinski definition) is 6. The van der Waals surface area contributed by atoms with Crippen LogP contribution in [-0.4, -0.2) is 58.8 Å². The summed E-state index contributed by atoms with van der Waals surface area (Å²) in [5.41, 5.74) is 8.05. The summed E-state index contributed by atoms with van der Waals surface area (Å²) < 4.78 is 26.6. The monoisotopic (exact) mass is 332 g/mol. The van der Waals surface area contributed by atoms with E-state index in [9.17, 15) is 8.42 Å². The third kappa shape index (κ3) is 3.28. The molecule has 1 saturated heterocycles. The van der Waals surface area contributed by atoms with E-state index in [0.29, 0.717) is 12.3 Å². The third-order valence-electron chi connectivity index (χ3n) is 4.20. The number of nitrogens with zero attached hydrogens (tertiary/aromatic N) is 3. The minimum Gasteiger partial charge on any atom is -0.329 e. The minimum atomic E-state index is -3.12. The van der Waals surface area contributed by atoms with Crippen molar-refractivity contribution in [1.29, 1.82) is 0 Å². The van der Waals surface area contributed by atoms with Crippen molar-refractivity contribution in [3.05, 3.63) is 17.5 Å². The summed E-state index contributed by atoms with van der Waals surface area (Å²) in [6.45, 7) is 4.84. The second-order valence-electron chi connectivity index (χ2n) is 5.28. The van der Waals surface area contributed by atoms with E-state index >= 15 is 0 Å². The Balaban J connectivity index is 2.37. The number of thioether (sulfide) groups is 1. The summed E-state index contributed by atoms with van der Waals surface area (Å²) in [4.78, 5) is 2.05. The van der Waals surface area contributed by atoms with Crippen LogP contribution in [0.5, 0.6) is 0 Å². The van der Waals surface area contributed by atoms with E-state index in [1.807, 2.05) is 20.2 Å². The number of aryl methyl sites for hydroxylation is 1. The highest BCUT2D eigenvalue weighted by Crippen LogP contribution is 2.31. The topological polar surface area (TPSA) is 81.2 Å². The molecule has 2 atom stereocenters. The molecule has 21 heavy (non-hydrogen) atoms. The van der Waals surface area contributed by atoms with E-state index in [0.717, 1.165) is 23.6 Å². The van der Waals surface area contributed by atoms with E-state index in [2.05, 4.69) is 10.00 Å². The van der Waals surface area contributed by atoms with Gasteiger partial charge in [0, 0.05) is 48.7 Å². The molecule has 1 aromatic heterocycles. The van der Waals surface area contributed by atoms with Gasteiger partial charge in [0.1, 0.15) is 5.37 Å². The second kappa shape index (κ2) is 6.68. The molecule has 0 amide bonds. The predicted molar refractivity (Wildman–Crippen MR) is 87.0 cm³/mol. The Labute approximate surface area is 131 Å². The molecule has 0 bridgehead atoms. The smallest absolute Gasteiger partial charge is 0.166 e. The van der Waals surface area contributed by atoms with Gasteiger partial charge in [-0.1, -0.05) is 6.92 Å². The van der Waals surface area contributed by atoms with Crippen LogP contribution in [0.1, 0.15) is 24.2 Å². The first-order valence-corrected chi connectivity index (χ1v) is 10.0. The summed E-state index contributed by atoms with van der Waals surface area (Å²) in [7, 11) is -1.23. The molecule has 0 radical (unpaired) electrons. The summed E-state index contributed by atoms with van der Waals surface area (Å²) in [5.74, 6) is 1.72. The minimum absolute atomic E-state index is 0.0917. The molecule has 2 unspecified atom stereocenters. The van der Waals surface area contributed by atoms with Crippen molar-refractivity contribution in [1.82, 2.24) is 14.7 Å². The van der Waals surface area contributed by atoms with Crippen molar-refractivity contribution in [2.24, 2.45) is 12.8 Å². The van der Waals surface area contributed by atoms with Gasteiger partial charge in [-0.05, 0) is 6.92 Å². The SMILES string of the molecule is CCS(=O)(=O)C1CSCCN1C(CN)c1cnn(C)c1C. The van der Waals surface area contributed by atoms with Crippen LogP contribution in [0.25, 0.3) is 0 Å². The summed E-state index contributed by atoms with van der Waals surface area (Å²) >= 11 is 1.70. The summed E-state index contributed by atoms with van der Waals surface area (Å²) in [6, 6.07) is -0.0917. The van der Waals surface area contributed by atoms with Crippen LogP contribution in [0.2, 0.25) is 0 Å². The summed E-state index contributed by atoms with van der Waals surface area (Å²) in [5, 5.41) is 3.82. The largest absolute Gasteiger partial charge is 0.329 e. The highest BCUT2D eigenvalue weighted by molar-refractivity contribution is 8.01. The van der Waals surface area contributed by atoms with E-state index < -0.39 is 15.2 Å². The van der Waals surface area contributed by atoms with Crippen molar-refractivity contribution < 1.29 is 8.42 Å². The van der Waals surface area contributed by atoms with Crippen LogP contribution in [0.15, 0.2) is 6.20 Å². The Hall–Kier alpha value is -0.570. The zero-order valence-corrected chi connectivity index (χ0v) is 14.5. The van der Waals surface area contributed by atoms with E-state index in [4.69, 9.17) is 5.73 Å². The number of hydrogen-bond donors (Lipinski definition) is 1. The average molecular weight is 332 g/mol. The molecule has 1 aliphatic heterocycles. The van der Waals surface area contributed by atoms with Gasteiger partial charge in [0.05, 0.1) is 12.2 Å². The molecule has 0 saturated carbocycles. The van der Waals surface area contributed by atoms with Crippen molar-refractivity contribution in [3.8, 4) is 0 Å². The molecule has 1 aliphatic rings. The quantitative estimate of drug-likeness (QED) is 0.847. The fourth-order valence-corrected chi connectivity index (χ4v) is 5.80. The number of sulfone groups is 1. The maximum atomic E-state index is 12.4. The first-order chi connectivity index (χ1) is 9.92. The van der Waals surface area contributed by atoms with E-state index in [1.165, 1.54) is 0 Å². The van der Waals surface area contributed by atoms with Crippen molar-refractivity contribution in [2.45, 2.75) is 25.3 Å². The Morgan fingerprint density at radius 2 is 2.29 bits per heavy atom. The van der Waals surface area contributed by atoms with Gasteiger partial charge in [0.2, 0.25) is 0 Å². The maximum Gasteiger partial charge on any atom is 0.166 e. The molecule has 8 heteroatoms. The normalized spacial score (nSPS) is 22.4. The Kier molecular flexibility index (Phi) is 5.34. The molecule has 2 heterocycles. The summed E-state index contributed by atoms with van der Waals surface area (Å²) in [6.07, 6.45) is 1.81. The number of aromatic nitrogens is 2. The Bertz CT molecular complexity index is 585. The molecule has 0 aromatic carbocycles. The molecule has 120 valence electrons. The lowest BCUT2D eigenvalue weighted by atomic mass is 10.1. The van der Waals surface area contributed by atoms with E-state index in [-0.39, 0.29) is 11.8 Å². The molecule has 2 N–H and O–H groups in total. The second-order valence-corrected chi connectivity index (χ2v) is 8.88. The fraction of sp³-hybridized carbons (Fsp3) is 0.769. The lowest BCUT2D eigenvalue weighted by Gasteiger charge is -2.39. The van der Waals surface area contributed by atoms with Gasteiger partial charge in [-0.3, -0.25) is 9.58 Å². The van der Waals surface area contributed by atoms with Crippen molar-refractivity contribution in [3.63, 3.8) is 0 Å². The molecule has 6 nitrogen and oxygen atoms in total. The fourth-order valence-electron chi connectivity index (χ4n) is 2.74. The van der Waals surface area contributed by atoms with Crippen LogP contribution in [0, 0.1) is 6.92 Å². The lowest BCUT2D eigenvalue weighted by Crippen LogP contribution is -2.51. The zero-order chi connectivity index (χ0) is 15.6. The van der Waals surface area contributed by atoms with Crippen molar-refractivity contribution in [2.75, 3.05) is 30.3 Å². The number of nitrogens with two attached hydrogens (primary N) is 1. The lowest BCUT2D eigenvalue weighted by molar-refractivity contribution is 0.197. The highest BCUT2D eigenvalue weighted by Gasteiger charge is 2.37. The Morgan fingerprint density at radius 1 is 1.57 bits per heavy atom. The van der Waals surface area contributed by atoms with Crippen molar-refractivity contribution >= 4 is 21.6 Å². The van der Waals surface area contributed by atoms with Crippen LogP contribution in [0.4, 0.5) is 0 Å². The van der Waals surface area contributed by atoms with Crippen LogP contribution in [-0.2, 0) is 16.9 Å². The average Bonchev–Trinajstić information content (AvgIpc) is 2.81. The molecular weight excluding hydrogens is 308 g/mol. The predicted octanol–water partition coefficient (Wildman–Crippen LogP) is 0.538. The first-order valence-electron chi connectivity index (χ1n) is 7.16. The maximum absolute atomic E-state index is 12.4. The van der Waals surface area contributed by atoms with Crippen LogP contribution in [0.3, 0.4) is 0 Å². The van der Waals surface area contributed by atoms with Gasteiger partial charge in [-0.25, -0.2) is 8.42 Å². The molecule has 0 spiro atoms. The first kappa shape index (κ1) is 16.8. The Morgan fingerprint density at radius 3 is 2.81 bits per heavy atom. The van der Waals surface area contributed by atoms with Gasteiger partial charge in [-0.2, -0.15) is 16.9 Å². The molecule has 1 fully saturated rings. The third-order valence-corrected chi connectivity index (χ3v) is 7.50. The zero-order valence-electron chi connectivity index (χ0n) is 12.8. The standard InChI is InChI=1S/C13H24N4O2S2/c1-4-21(18,19)13-9-20-6-5-17(13)12(7-14)11-8-15-16(3)10(11)2/h8,12-13H,4-7,9,14H2,1-3H3. The van der Waals surface area contributed by atoms with Gasteiger partial charge in [0.25, 0.3) is 0 Å². The van der Waals surface area contributed by atoms with Gasteiger partial charge in [0.15, 0.2) is 9.84 Å². The van der Waals surface area contributed by atoms with Crippen LogP contribution >= 0.6 is 11.8 Å². The van der Waals surface area contributed by atoms with E-state index in [1.54, 1.807) is 23.4 Å².